The zero-order valence-electron chi connectivity index (χ0n) is 44.4. The van der Waals surface area contributed by atoms with Gasteiger partial charge in [0.05, 0.1) is 49.4 Å². The minimum Gasteiger partial charge on any atom is -0.481 e. The van der Waals surface area contributed by atoms with Crippen LogP contribution in [-0.4, -0.2) is 215 Å². The van der Waals surface area contributed by atoms with Crippen molar-refractivity contribution in [3.63, 3.8) is 0 Å². The monoisotopic (exact) mass is 1140 g/mol. The number of carboxylic acid groups (broad SMARTS) is 2. The number of carboxylic acids is 2. The number of amides is 7. The number of ether oxygens (including phenoxy) is 1. The Morgan fingerprint density at radius 2 is 1.18 bits per heavy atom. The maximum absolute atomic E-state index is 14.7. The molecule has 7 amide bonds. The van der Waals surface area contributed by atoms with Gasteiger partial charge >= 0.3 is 17.9 Å². The maximum atomic E-state index is 14.7. The van der Waals surface area contributed by atoms with Gasteiger partial charge in [-0.1, -0.05) is 12.2 Å². The third kappa shape index (κ3) is 22.3. The van der Waals surface area contributed by atoms with Gasteiger partial charge in [0.2, 0.25) is 5.91 Å². The summed E-state index contributed by atoms with van der Waals surface area (Å²) in [6.07, 6.45) is -6.33. The highest BCUT2D eigenvalue weighted by Gasteiger charge is 2.45. The van der Waals surface area contributed by atoms with Crippen molar-refractivity contribution >= 4 is 101 Å². The van der Waals surface area contributed by atoms with Crippen LogP contribution in [0, 0.1) is 0 Å². The summed E-state index contributed by atoms with van der Waals surface area (Å²) < 4.78 is 4.55. The number of nitrogens with one attached hydrogen (secondary N) is 9. The number of rotatable bonds is 33. The fraction of sp³-hybridized carbons (Fsp3) is 0.587. The van der Waals surface area contributed by atoms with Crippen molar-refractivity contribution in [2.24, 2.45) is 22.9 Å². The first-order chi connectivity index (χ1) is 37.4. The quantitative estimate of drug-likeness (QED) is 0.00954. The topological polar surface area (TPSA) is 555 Å². The average Bonchev–Trinajstić information content (AvgIpc) is 3.40. The van der Waals surface area contributed by atoms with Gasteiger partial charge in [-0.25, -0.2) is 4.79 Å². The molecule has 0 aromatic heterocycles. The van der Waals surface area contributed by atoms with E-state index in [1.54, 1.807) is 0 Å². The minimum atomic E-state index is -2.53. The molecular formula is C46H70N14O20. The number of carbonyl (C=O) groups is 17. The van der Waals surface area contributed by atoms with Gasteiger partial charge in [-0.15, -0.1) is 0 Å². The van der Waals surface area contributed by atoms with Crippen molar-refractivity contribution in [3.05, 3.63) is 12.2 Å². The van der Waals surface area contributed by atoms with Gasteiger partial charge in [-0.2, -0.15) is 0 Å². The Bertz CT molecular complexity index is 2380. The van der Waals surface area contributed by atoms with Gasteiger partial charge < -0.3 is 89.1 Å². The van der Waals surface area contributed by atoms with Gasteiger partial charge in [0.15, 0.2) is 65.8 Å². The lowest BCUT2D eigenvalue weighted by molar-refractivity contribution is -0.151. The molecule has 0 radical (unpaired) electrons. The van der Waals surface area contributed by atoms with E-state index in [0.717, 1.165) is 41.7 Å². The van der Waals surface area contributed by atoms with Crippen LogP contribution in [0.25, 0.3) is 0 Å². The number of nitrogens with two attached hydrogens (primary N) is 4. The molecule has 1 aliphatic heterocycles. The van der Waals surface area contributed by atoms with Crippen LogP contribution in [0.5, 0.6) is 0 Å². The summed E-state index contributed by atoms with van der Waals surface area (Å²) in [7, 11) is 0.826. The van der Waals surface area contributed by atoms with E-state index >= 15 is 0 Å². The Balaban J connectivity index is 4.04. The van der Waals surface area contributed by atoms with Gasteiger partial charge in [0.25, 0.3) is 35.4 Å². The van der Waals surface area contributed by atoms with Crippen LogP contribution in [-0.2, 0) is 86.2 Å². The number of methoxy groups -OCH3 is 1. The molecule has 80 heavy (non-hydrogen) atoms. The molecular weight excluding hydrogens is 1070 g/mol. The van der Waals surface area contributed by atoms with Gasteiger partial charge in [0, 0.05) is 25.8 Å². The first-order valence-electron chi connectivity index (χ1n) is 24.5. The van der Waals surface area contributed by atoms with Crippen molar-refractivity contribution in [2.75, 3.05) is 13.7 Å². The van der Waals surface area contributed by atoms with E-state index in [4.69, 9.17) is 28.0 Å². The molecule has 1 rings (SSSR count). The summed E-state index contributed by atoms with van der Waals surface area (Å²) in [5.41, 5.74) is 23.3. The zero-order chi connectivity index (χ0) is 61.3. The lowest BCUT2D eigenvalue weighted by Gasteiger charge is -2.34. The molecule has 0 aromatic carbocycles. The average molecular weight is 1140 g/mol. The second-order valence-corrected chi connectivity index (χ2v) is 18.2. The highest BCUT2D eigenvalue weighted by Crippen LogP contribution is 2.13. The van der Waals surface area contributed by atoms with Crippen molar-refractivity contribution in [2.45, 2.75) is 158 Å². The second kappa shape index (κ2) is 34.0. The number of Topliss-reactive ketones (excluding diaryl/α,β-unsaturated/α-hetero) is 4. The summed E-state index contributed by atoms with van der Waals surface area (Å²) >= 11 is 0. The summed E-state index contributed by atoms with van der Waals surface area (Å²) in [4.78, 5) is 224. The van der Waals surface area contributed by atoms with E-state index in [-0.39, 0.29) is 31.7 Å². The lowest BCUT2D eigenvalue weighted by atomic mass is 9.99. The Labute approximate surface area is 456 Å². The number of aliphatic carboxylic acids is 2. The third-order valence-electron chi connectivity index (χ3n) is 11.3. The van der Waals surface area contributed by atoms with Crippen LogP contribution < -0.4 is 70.8 Å². The van der Waals surface area contributed by atoms with Crippen molar-refractivity contribution < 1.29 is 96.5 Å². The summed E-state index contributed by atoms with van der Waals surface area (Å²) in [6, 6.07) is -20.4. The molecule has 1 heterocycles. The Kier molecular flexibility index (Phi) is 29.7. The van der Waals surface area contributed by atoms with E-state index in [1.807, 2.05) is 10.6 Å². The highest BCUT2D eigenvalue weighted by molar-refractivity contribution is 6.16. The predicted octanol–water partition coefficient (Wildman–Crippen LogP) is -9.63. The second-order valence-electron chi connectivity index (χ2n) is 18.2. The molecule has 0 spiro atoms. The largest absolute Gasteiger partial charge is 0.481 e. The first-order valence-corrected chi connectivity index (χ1v) is 24.5. The Hall–Kier alpha value is -8.15. The summed E-state index contributed by atoms with van der Waals surface area (Å²) in [6.45, 7) is 4.78. The van der Waals surface area contributed by atoms with E-state index in [9.17, 15) is 86.6 Å². The van der Waals surface area contributed by atoms with E-state index in [2.05, 4.69) is 42.0 Å². The molecule has 0 saturated carbocycles. The molecule has 0 saturated heterocycles. The number of hydrogen-bond acceptors (Lipinski definition) is 25. The molecule has 14 atom stereocenters. The molecule has 0 bridgehead atoms. The van der Waals surface area contributed by atoms with Gasteiger partial charge in [-0.05, 0) is 53.9 Å². The fourth-order valence-corrected chi connectivity index (χ4v) is 6.92. The van der Waals surface area contributed by atoms with E-state index in [1.165, 1.54) is 12.2 Å². The number of allylic oxidation sites excluding steroid dienone is 1. The van der Waals surface area contributed by atoms with Crippen molar-refractivity contribution in [1.82, 2.24) is 52.8 Å². The highest BCUT2D eigenvalue weighted by atomic mass is 16.5. The predicted molar refractivity (Wildman–Crippen MR) is 270 cm³/mol. The molecule has 0 fully saturated rings. The third-order valence-corrected chi connectivity index (χ3v) is 11.3. The number of ketones is 4. The fourth-order valence-electron chi connectivity index (χ4n) is 6.92. The Morgan fingerprint density at radius 1 is 0.662 bits per heavy atom. The molecule has 0 aliphatic carbocycles. The van der Waals surface area contributed by atoms with Crippen LogP contribution in [0.1, 0.15) is 73.1 Å². The standard InChI is InChI=1S/C46H70N14O20/c1-19(16-61)51-37(42(75)55-29(36(72)25(50)12-14-28(67)68)40(73)57-31(46(79)80-6)34(70)22(4)48)59-44(77)38(52-20(2)17-62)58-41(74)32(35(71)23(5)49)60-15-9-7-8-10-26(64)54-39(53-24(18-63)11-13-27(65)66)43(76)56-30(45(60)78)33(69)21(3)47/h7,9,16-25,29-32,37-39,51-53H,8,10-15,47-50H2,1-6H3,(H,54,64)(H,55,75)(H,56,76)(H,57,73)(H,58,74)(H,59,77)(H,65,66)(H,67,68)/b9-7+/t19-,20-,21-,22-,23-,24+,25-,29-,30-,31-,32-,37+,38-,39+/m0/s1. The van der Waals surface area contributed by atoms with Crippen LogP contribution >= 0.6 is 0 Å². The number of hydrogen-bond donors (Lipinski definition) is 15. The molecule has 0 unspecified atom stereocenters. The minimum absolute atomic E-state index is 0.155. The first kappa shape index (κ1) is 69.9. The Morgan fingerprint density at radius 3 is 1.66 bits per heavy atom. The maximum Gasteiger partial charge on any atom is 0.336 e. The van der Waals surface area contributed by atoms with Crippen LogP contribution in [0.3, 0.4) is 0 Å². The zero-order valence-corrected chi connectivity index (χ0v) is 44.4. The van der Waals surface area contributed by atoms with E-state index < -0.39 is 200 Å². The molecule has 1 aliphatic rings. The van der Waals surface area contributed by atoms with Gasteiger partial charge in [0.1, 0.15) is 18.9 Å². The number of esters is 1. The number of nitrogens with zero attached hydrogens (tertiary/aromatic N) is 1. The summed E-state index contributed by atoms with van der Waals surface area (Å²) in [5, 5.41) is 37.9. The molecule has 19 N–H and O–H groups in total. The van der Waals surface area contributed by atoms with E-state index in [0.29, 0.717) is 4.90 Å². The normalized spacial score (nSPS) is 19.9. The molecule has 0 aromatic rings. The van der Waals surface area contributed by atoms with Gasteiger partial charge in [-0.3, -0.25) is 78.3 Å². The molecule has 444 valence electrons. The lowest BCUT2D eigenvalue weighted by Crippen LogP contribution is -2.69. The smallest absolute Gasteiger partial charge is 0.336 e. The number of carbonyl (C=O) groups excluding carboxylic acids is 15. The van der Waals surface area contributed by atoms with Crippen molar-refractivity contribution in [1.29, 1.82) is 0 Å². The van der Waals surface area contributed by atoms with Crippen LogP contribution in [0.15, 0.2) is 12.2 Å². The SMILES string of the molecule is COC(=O)[C@@H](NC(=O)[C@@H](NC(=O)[C@@H](NC(=O)[C@H](NC(=O)[C@H](C(=O)[C@H](C)N)N1C/C=C/CCC(=O)N[C@@H](N[C@@H](C=O)CCC(=O)O)C(=O)N[C@@H](C(=O)[C@H](C)N)C1=O)N[C@@H](C)C=O)N[C@@H](C)C=O)C(=O)[C@@H](N)CCC(=O)O)C(=O)[C@H](C)N. The molecule has 34 nitrogen and oxygen atoms in total. The van der Waals surface area contributed by atoms with Crippen LogP contribution in [0.4, 0.5) is 0 Å². The van der Waals surface area contributed by atoms with Crippen LogP contribution in [0.2, 0.25) is 0 Å². The number of aldehydes is 3. The molecule has 34 heteroatoms. The summed E-state index contributed by atoms with van der Waals surface area (Å²) in [5.74, 6) is -19.4. The van der Waals surface area contributed by atoms with Crippen molar-refractivity contribution in [3.8, 4) is 0 Å².